The molecule has 0 unspecified atom stereocenters. The van der Waals surface area contributed by atoms with E-state index >= 15 is 0 Å². The lowest BCUT2D eigenvalue weighted by Gasteiger charge is -2.10. The predicted octanol–water partition coefficient (Wildman–Crippen LogP) is 4.27. The van der Waals surface area contributed by atoms with Crippen LogP contribution in [-0.4, -0.2) is 5.78 Å². The quantitative estimate of drug-likeness (QED) is 0.607. The maximum atomic E-state index is 13.8. The number of halogens is 4. The van der Waals surface area contributed by atoms with Gasteiger partial charge in [-0.15, -0.1) is 0 Å². The van der Waals surface area contributed by atoms with Gasteiger partial charge in [0.2, 0.25) is 0 Å². The van der Waals surface area contributed by atoms with Crippen molar-refractivity contribution in [3.8, 4) is 0 Å². The van der Waals surface area contributed by atoms with Crippen molar-refractivity contribution in [2.45, 2.75) is 12.6 Å². The van der Waals surface area contributed by atoms with Gasteiger partial charge >= 0.3 is 6.18 Å². The molecule has 0 aliphatic heterocycles. The zero-order valence-electron chi connectivity index (χ0n) is 10.2. The molecule has 2 aromatic carbocycles. The van der Waals surface area contributed by atoms with Crippen molar-refractivity contribution in [3.63, 3.8) is 0 Å². The van der Waals surface area contributed by atoms with Gasteiger partial charge in [0.05, 0.1) is 11.1 Å². The fraction of sp³-hybridized carbons (Fsp3) is 0.133. The van der Waals surface area contributed by atoms with Crippen LogP contribution >= 0.6 is 0 Å². The fourth-order valence-corrected chi connectivity index (χ4v) is 1.84. The van der Waals surface area contributed by atoms with Crippen LogP contribution < -0.4 is 0 Å². The zero-order valence-corrected chi connectivity index (χ0v) is 10.2. The minimum Gasteiger partial charge on any atom is -0.294 e. The molecule has 0 aliphatic rings. The highest BCUT2D eigenvalue weighted by Crippen LogP contribution is 2.32. The summed E-state index contributed by atoms with van der Waals surface area (Å²) in [7, 11) is 0. The lowest BCUT2D eigenvalue weighted by molar-refractivity contribution is -0.140. The van der Waals surface area contributed by atoms with Crippen LogP contribution in [0, 0.1) is 5.82 Å². The molecule has 0 N–H and O–H groups in total. The number of hydrogen-bond acceptors (Lipinski definition) is 1. The van der Waals surface area contributed by atoms with Crippen molar-refractivity contribution in [2.24, 2.45) is 0 Å². The Morgan fingerprint density at radius 2 is 1.60 bits per heavy atom. The van der Waals surface area contributed by atoms with Crippen LogP contribution in [0.3, 0.4) is 0 Å². The Morgan fingerprint density at radius 1 is 0.950 bits per heavy atom. The molecule has 20 heavy (non-hydrogen) atoms. The summed E-state index contributed by atoms with van der Waals surface area (Å²) in [5, 5.41) is 0. The van der Waals surface area contributed by atoms with E-state index in [1.165, 1.54) is 0 Å². The second-order valence-corrected chi connectivity index (χ2v) is 4.25. The van der Waals surface area contributed by atoms with E-state index in [0.29, 0.717) is 11.6 Å². The van der Waals surface area contributed by atoms with Gasteiger partial charge in [-0.05, 0) is 17.7 Å². The van der Waals surface area contributed by atoms with Gasteiger partial charge in [0.1, 0.15) is 5.82 Å². The van der Waals surface area contributed by atoms with Crippen molar-refractivity contribution in [1.82, 2.24) is 0 Å². The molecule has 5 heteroatoms. The highest BCUT2D eigenvalue weighted by atomic mass is 19.4. The van der Waals surface area contributed by atoms with E-state index in [-0.39, 0.29) is 6.42 Å². The Labute approximate surface area is 112 Å². The standard InChI is InChI=1S/C15H10F4O/c16-14-11(7-4-8-12(14)15(17,18)19)13(20)9-10-5-2-1-3-6-10/h1-8H,9H2. The second kappa shape index (κ2) is 5.45. The van der Waals surface area contributed by atoms with E-state index in [0.717, 1.165) is 12.1 Å². The number of hydrogen-bond donors (Lipinski definition) is 0. The lowest BCUT2D eigenvalue weighted by atomic mass is 10.0. The van der Waals surface area contributed by atoms with Crippen LogP contribution in [0.1, 0.15) is 21.5 Å². The molecule has 1 nitrogen and oxygen atoms in total. The number of benzene rings is 2. The third-order valence-electron chi connectivity index (χ3n) is 2.81. The minimum absolute atomic E-state index is 0.140. The average molecular weight is 282 g/mol. The third-order valence-corrected chi connectivity index (χ3v) is 2.81. The molecule has 0 saturated heterocycles. The molecular formula is C15H10F4O. The van der Waals surface area contributed by atoms with E-state index in [4.69, 9.17) is 0 Å². The van der Waals surface area contributed by atoms with E-state index in [1.807, 2.05) is 0 Å². The van der Waals surface area contributed by atoms with Gasteiger partial charge in [-0.25, -0.2) is 4.39 Å². The lowest BCUT2D eigenvalue weighted by Crippen LogP contribution is -2.13. The van der Waals surface area contributed by atoms with Gasteiger partial charge in [0.15, 0.2) is 5.78 Å². The van der Waals surface area contributed by atoms with E-state index in [2.05, 4.69) is 0 Å². The largest absolute Gasteiger partial charge is 0.419 e. The zero-order chi connectivity index (χ0) is 14.8. The minimum atomic E-state index is -4.81. The summed E-state index contributed by atoms with van der Waals surface area (Å²) >= 11 is 0. The second-order valence-electron chi connectivity index (χ2n) is 4.25. The highest BCUT2D eigenvalue weighted by molar-refractivity contribution is 5.98. The summed E-state index contributed by atoms with van der Waals surface area (Å²) in [6, 6.07) is 11.2. The summed E-state index contributed by atoms with van der Waals surface area (Å²) in [4.78, 5) is 11.9. The number of carbonyl (C=O) groups excluding carboxylic acids is 1. The third kappa shape index (κ3) is 3.04. The molecule has 0 aliphatic carbocycles. The Morgan fingerprint density at radius 3 is 2.20 bits per heavy atom. The van der Waals surface area contributed by atoms with E-state index in [1.54, 1.807) is 30.3 Å². The SMILES string of the molecule is O=C(Cc1ccccc1)c1cccc(C(F)(F)F)c1F. The topological polar surface area (TPSA) is 17.1 Å². The Kier molecular flexibility index (Phi) is 3.88. The molecule has 0 radical (unpaired) electrons. The molecule has 0 atom stereocenters. The molecule has 0 amide bonds. The summed E-state index contributed by atoms with van der Waals surface area (Å²) in [5.41, 5.74) is -1.34. The van der Waals surface area contributed by atoms with E-state index < -0.39 is 28.9 Å². The van der Waals surface area contributed by atoms with Crippen LogP contribution in [0.4, 0.5) is 17.6 Å². The van der Waals surface area contributed by atoms with Gasteiger partial charge in [-0.2, -0.15) is 13.2 Å². The van der Waals surface area contributed by atoms with Crippen LogP contribution in [0.2, 0.25) is 0 Å². The van der Waals surface area contributed by atoms with Gasteiger partial charge in [0, 0.05) is 6.42 Å². The number of alkyl halides is 3. The van der Waals surface area contributed by atoms with E-state index in [9.17, 15) is 22.4 Å². The maximum absolute atomic E-state index is 13.8. The molecular weight excluding hydrogens is 272 g/mol. The molecule has 104 valence electrons. The monoisotopic (exact) mass is 282 g/mol. The maximum Gasteiger partial charge on any atom is 0.419 e. The molecule has 0 heterocycles. The molecule has 0 fully saturated rings. The molecule has 0 saturated carbocycles. The molecule has 0 bridgehead atoms. The average Bonchev–Trinajstić information content (AvgIpc) is 2.38. The van der Waals surface area contributed by atoms with Crippen LogP contribution in [0.5, 0.6) is 0 Å². The highest BCUT2D eigenvalue weighted by Gasteiger charge is 2.35. The summed E-state index contributed by atoms with van der Waals surface area (Å²) in [6.07, 6.45) is -4.95. The summed E-state index contributed by atoms with van der Waals surface area (Å²) in [5.74, 6) is -2.19. The predicted molar refractivity (Wildman–Crippen MR) is 65.9 cm³/mol. The first-order chi connectivity index (χ1) is 9.39. The van der Waals surface area contributed by atoms with Crippen LogP contribution in [0.15, 0.2) is 48.5 Å². The van der Waals surface area contributed by atoms with Crippen LogP contribution in [0.25, 0.3) is 0 Å². The first-order valence-corrected chi connectivity index (χ1v) is 5.82. The molecule has 0 spiro atoms. The number of ketones is 1. The molecule has 0 aromatic heterocycles. The van der Waals surface area contributed by atoms with Crippen molar-refractivity contribution in [2.75, 3.05) is 0 Å². The van der Waals surface area contributed by atoms with Crippen molar-refractivity contribution >= 4 is 5.78 Å². The molecule has 2 rings (SSSR count). The first-order valence-electron chi connectivity index (χ1n) is 5.82. The van der Waals surface area contributed by atoms with Gasteiger partial charge in [0.25, 0.3) is 0 Å². The van der Waals surface area contributed by atoms with Gasteiger partial charge in [-0.3, -0.25) is 4.79 Å². The van der Waals surface area contributed by atoms with Gasteiger partial charge in [-0.1, -0.05) is 36.4 Å². The number of carbonyl (C=O) groups is 1. The van der Waals surface area contributed by atoms with Crippen LogP contribution in [-0.2, 0) is 12.6 Å². The normalized spacial score (nSPS) is 11.4. The number of rotatable bonds is 3. The fourth-order valence-electron chi connectivity index (χ4n) is 1.84. The number of Topliss-reactive ketones (excluding diaryl/α,β-unsaturated/α-hetero) is 1. The van der Waals surface area contributed by atoms with Gasteiger partial charge < -0.3 is 0 Å². The Balaban J connectivity index is 2.32. The van der Waals surface area contributed by atoms with Crippen molar-refractivity contribution in [1.29, 1.82) is 0 Å². The Hall–Kier alpha value is -2.17. The molecule has 2 aromatic rings. The first kappa shape index (κ1) is 14.2. The Bertz CT molecular complexity index is 618. The smallest absolute Gasteiger partial charge is 0.294 e. The summed E-state index contributed by atoms with van der Waals surface area (Å²) < 4.78 is 51.5. The van der Waals surface area contributed by atoms with Crippen molar-refractivity contribution in [3.05, 3.63) is 71.0 Å². The summed E-state index contributed by atoms with van der Waals surface area (Å²) in [6.45, 7) is 0. The van der Waals surface area contributed by atoms with Crippen molar-refractivity contribution < 1.29 is 22.4 Å².